The van der Waals surface area contributed by atoms with Crippen molar-refractivity contribution < 1.29 is 28.6 Å². The summed E-state index contributed by atoms with van der Waals surface area (Å²) in [5.74, 6) is -0.929. The Morgan fingerprint density at radius 1 is 0.273 bits per heavy atom. The number of allylic oxidation sites excluding steroid dienone is 22. The second-order valence-electron chi connectivity index (χ2n) is 20.5. The van der Waals surface area contributed by atoms with Crippen LogP contribution in [-0.2, 0) is 28.6 Å². The van der Waals surface area contributed by atoms with Crippen molar-refractivity contribution in [1.29, 1.82) is 0 Å². The monoisotopic (exact) mass is 1060 g/mol. The summed E-state index contributed by atoms with van der Waals surface area (Å²) >= 11 is 0. The van der Waals surface area contributed by atoms with E-state index in [0.717, 1.165) is 161 Å². The Bertz CT molecular complexity index is 1650. The molecule has 436 valence electrons. The van der Waals surface area contributed by atoms with Crippen LogP contribution in [0.25, 0.3) is 0 Å². The van der Waals surface area contributed by atoms with E-state index in [9.17, 15) is 14.4 Å². The fourth-order valence-electron chi connectivity index (χ4n) is 8.43. The molecule has 0 amide bonds. The highest BCUT2D eigenvalue weighted by atomic mass is 16.6. The molecule has 0 bridgehead atoms. The van der Waals surface area contributed by atoms with Gasteiger partial charge < -0.3 is 14.2 Å². The van der Waals surface area contributed by atoms with Crippen LogP contribution in [0.15, 0.2) is 134 Å². The average molecular weight is 1070 g/mol. The van der Waals surface area contributed by atoms with Gasteiger partial charge in [0.25, 0.3) is 0 Å². The minimum absolute atomic E-state index is 0.0951. The highest BCUT2D eigenvalue weighted by Crippen LogP contribution is 2.15. The minimum Gasteiger partial charge on any atom is -0.462 e. The molecular weight excluding hydrogens is 949 g/mol. The third-order valence-corrected chi connectivity index (χ3v) is 13.1. The number of esters is 3. The van der Waals surface area contributed by atoms with Crippen LogP contribution in [0.5, 0.6) is 0 Å². The Labute approximate surface area is 475 Å². The Morgan fingerprint density at radius 3 is 0.792 bits per heavy atom. The molecule has 1 atom stereocenters. The van der Waals surface area contributed by atoms with Crippen molar-refractivity contribution in [2.75, 3.05) is 13.2 Å². The van der Waals surface area contributed by atoms with E-state index in [1.54, 1.807) is 0 Å². The lowest BCUT2D eigenvalue weighted by molar-refractivity contribution is -0.167. The summed E-state index contributed by atoms with van der Waals surface area (Å²) in [5.41, 5.74) is 0. The van der Waals surface area contributed by atoms with Gasteiger partial charge in [-0.2, -0.15) is 0 Å². The third kappa shape index (κ3) is 62.3. The van der Waals surface area contributed by atoms with E-state index < -0.39 is 6.10 Å². The summed E-state index contributed by atoms with van der Waals surface area (Å²) in [5, 5.41) is 0. The number of unbranched alkanes of at least 4 members (excludes halogenated alkanes) is 23. The molecule has 1 unspecified atom stereocenters. The maximum absolute atomic E-state index is 12.9. The van der Waals surface area contributed by atoms with Gasteiger partial charge in [-0.3, -0.25) is 14.4 Å². The molecule has 0 N–H and O–H groups in total. The first-order chi connectivity index (χ1) is 38.0. The van der Waals surface area contributed by atoms with Gasteiger partial charge >= 0.3 is 17.9 Å². The number of hydrogen-bond acceptors (Lipinski definition) is 6. The molecule has 0 saturated heterocycles. The third-order valence-electron chi connectivity index (χ3n) is 13.1. The molecule has 6 heteroatoms. The predicted molar refractivity (Wildman–Crippen MR) is 334 cm³/mol. The molecule has 0 spiro atoms. The van der Waals surface area contributed by atoms with Crippen molar-refractivity contribution >= 4 is 17.9 Å². The zero-order valence-electron chi connectivity index (χ0n) is 49.9. The van der Waals surface area contributed by atoms with Gasteiger partial charge in [0.2, 0.25) is 0 Å². The largest absolute Gasteiger partial charge is 0.462 e. The van der Waals surface area contributed by atoms with Crippen molar-refractivity contribution in [2.45, 2.75) is 284 Å². The molecule has 6 nitrogen and oxygen atoms in total. The van der Waals surface area contributed by atoms with Gasteiger partial charge in [0.05, 0.1) is 0 Å². The zero-order chi connectivity index (χ0) is 55.7. The molecule has 0 aromatic heterocycles. The van der Waals surface area contributed by atoms with Gasteiger partial charge in [-0.15, -0.1) is 0 Å². The van der Waals surface area contributed by atoms with Crippen LogP contribution in [0.4, 0.5) is 0 Å². The molecule has 0 fully saturated rings. The molecule has 0 radical (unpaired) electrons. The van der Waals surface area contributed by atoms with Crippen molar-refractivity contribution in [3.05, 3.63) is 134 Å². The molecule has 0 rings (SSSR count). The van der Waals surface area contributed by atoms with E-state index in [-0.39, 0.29) is 31.1 Å². The number of rotatable bonds is 56. The van der Waals surface area contributed by atoms with Gasteiger partial charge in [-0.05, 0) is 135 Å². The van der Waals surface area contributed by atoms with Crippen LogP contribution in [0.2, 0.25) is 0 Å². The number of carbonyl (C=O) groups is 3. The number of hydrogen-bond donors (Lipinski definition) is 0. The first kappa shape index (κ1) is 72.5. The summed E-state index contributed by atoms with van der Waals surface area (Å²) in [6.07, 6.45) is 90.2. The van der Waals surface area contributed by atoms with Crippen molar-refractivity contribution in [3.8, 4) is 0 Å². The van der Waals surface area contributed by atoms with Crippen molar-refractivity contribution in [2.24, 2.45) is 0 Å². The Kier molecular flexibility index (Phi) is 60.4. The van der Waals surface area contributed by atoms with Crippen molar-refractivity contribution in [1.82, 2.24) is 0 Å². The molecule has 0 aromatic carbocycles. The zero-order valence-corrected chi connectivity index (χ0v) is 49.9. The van der Waals surface area contributed by atoms with Crippen LogP contribution in [0.1, 0.15) is 278 Å². The smallest absolute Gasteiger partial charge is 0.306 e. The standard InChI is InChI=1S/C71H116O6/c1-4-7-10-13-16-19-22-25-28-29-30-31-32-33-34-35-36-37-38-39-40-41-44-46-49-52-55-58-61-64-70(73)76-67-68(77-71(74)65-62-59-56-53-50-47-43-27-24-21-18-15-12-9-6-3)66-75-69(72)63-60-57-54-51-48-45-42-26-23-20-17-14-11-8-5-2/h7,9-10,12,16-21,25-28,30-31,33-34,36-37,42-43,68H,4-6,8,11,13-15,22-24,29,32,35,38-41,44-67H2,1-3H3/b10-7-,12-9-,19-16-,20-17-,21-18-,28-25-,31-30-,34-33-,37-36-,42-26-,43-27-. The highest BCUT2D eigenvalue weighted by molar-refractivity contribution is 5.71. The normalized spacial score (nSPS) is 13.0. The van der Waals surface area contributed by atoms with E-state index in [1.807, 2.05) is 0 Å². The predicted octanol–water partition coefficient (Wildman–Crippen LogP) is 21.8. The molecule has 0 aliphatic rings. The quantitative estimate of drug-likeness (QED) is 0.0261. The van der Waals surface area contributed by atoms with Gasteiger partial charge in [-0.25, -0.2) is 0 Å². The first-order valence-electron chi connectivity index (χ1n) is 31.7. The van der Waals surface area contributed by atoms with Gasteiger partial charge in [0.15, 0.2) is 6.10 Å². The second kappa shape index (κ2) is 64.1. The molecule has 0 aromatic rings. The van der Waals surface area contributed by atoms with Gasteiger partial charge in [0.1, 0.15) is 13.2 Å². The number of carbonyl (C=O) groups excluding carboxylic acids is 3. The van der Waals surface area contributed by atoms with Crippen LogP contribution in [-0.4, -0.2) is 37.2 Å². The van der Waals surface area contributed by atoms with E-state index in [0.29, 0.717) is 19.3 Å². The maximum Gasteiger partial charge on any atom is 0.306 e. The lowest BCUT2D eigenvalue weighted by Crippen LogP contribution is -2.30. The molecule has 0 aliphatic carbocycles. The fraction of sp³-hybridized carbons (Fsp3) is 0.648. The molecule has 0 saturated carbocycles. The van der Waals surface area contributed by atoms with E-state index in [2.05, 4.69) is 154 Å². The van der Waals surface area contributed by atoms with E-state index >= 15 is 0 Å². The van der Waals surface area contributed by atoms with Crippen molar-refractivity contribution in [3.63, 3.8) is 0 Å². The van der Waals surface area contributed by atoms with E-state index in [1.165, 1.54) is 77.0 Å². The SMILES string of the molecule is CC/C=C\C/C=C\C/C=C\C/C=C\C/C=C\C/C=C\CCCCCCCCCCCCC(=O)OCC(COC(=O)CCCCCCC/C=C\C/C=C\CCCCC)OC(=O)CCCCCCC/C=C\C/C=C\C/C=C\CC. The van der Waals surface area contributed by atoms with Crippen LogP contribution >= 0.6 is 0 Å². The summed E-state index contributed by atoms with van der Waals surface area (Å²) in [4.78, 5) is 38.3. The minimum atomic E-state index is -0.800. The van der Waals surface area contributed by atoms with Gasteiger partial charge in [-0.1, -0.05) is 257 Å². The summed E-state index contributed by atoms with van der Waals surface area (Å²) < 4.78 is 16.9. The van der Waals surface area contributed by atoms with Crippen LogP contribution in [0, 0.1) is 0 Å². The molecule has 0 aliphatic heterocycles. The fourth-order valence-corrected chi connectivity index (χ4v) is 8.43. The maximum atomic E-state index is 12.9. The molecular formula is C71H116O6. The lowest BCUT2D eigenvalue weighted by Gasteiger charge is -2.18. The topological polar surface area (TPSA) is 78.9 Å². The average Bonchev–Trinajstić information content (AvgIpc) is 3.43. The second-order valence-corrected chi connectivity index (χ2v) is 20.5. The Hall–Kier alpha value is -4.45. The van der Waals surface area contributed by atoms with Crippen LogP contribution < -0.4 is 0 Å². The summed E-state index contributed by atoms with van der Waals surface area (Å²) in [6, 6.07) is 0. The Morgan fingerprint density at radius 2 is 0.506 bits per heavy atom. The first-order valence-corrected chi connectivity index (χ1v) is 31.7. The van der Waals surface area contributed by atoms with Gasteiger partial charge in [0, 0.05) is 19.3 Å². The summed E-state index contributed by atoms with van der Waals surface area (Å²) in [6.45, 7) is 6.36. The van der Waals surface area contributed by atoms with Crippen LogP contribution in [0.3, 0.4) is 0 Å². The lowest BCUT2D eigenvalue weighted by atomic mass is 10.1. The Balaban J connectivity index is 4.33. The number of ether oxygens (including phenoxy) is 3. The molecule has 77 heavy (non-hydrogen) atoms. The summed E-state index contributed by atoms with van der Waals surface area (Å²) in [7, 11) is 0. The molecule has 0 heterocycles. The van der Waals surface area contributed by atoms with E-state index in [4.69, 9.17) is 14.2 Å². The highest BCUT2D eigenvalue weighted by Gasteiger charge is 2.19.